The highest BCUT2D eigenvalue weighted by molar-refractivity contribution is 5.92. The first-order valence-corrected chi connectivity index (χ1v) is 6.46. The van der Waals surface area contributed by atoms with Gasteiger partial charge in [-0.15, -0.1) is 0 Å². The third-order valence-corrected chi connectivity index (χ3v) is 3.02. The molecule has 5 heteroatoms. The largest absolute Gasteiger partial charge is 0.465 e. The number of hydrogen-bond donors (Lipinski definition) is 0. The van der Waals surface area contributed by atoms with E-state index in [1.54, 1.807) is 18.2 Å². The van der Waals surface area contributed by atoms with Crippen molar-refractivity contribution in [2.24, 2.45) is 0 Å². The first-order chi connectivity index (χ1) is 9.71. The summed E-state index contributed by atoms with van der Waals surface area (Å²) < 4.78 is 21.1. The Morgan fingerprint density at radius 2 is 2.25 bits per heavy atom. The van der Waals surface area contributed by atoms with E-state index in [2.05, 4.69) is 0 Å². The first kappa shape index (κ1) is 14.6. The van der Waals surface area contributed by atoms with E-state index < -0.39 is 6.29 Å². The van der Waals surface area contributed by atoms with Gasteiger partial charge in [0.15, 0.2) is 6.79 Å². The lowest BCUT2D eigenvalue weighted by Crippen LogP contribution is -2.18. The number of allylic oxidation sites excluding steroid dienone is 1. The summed E-state index contributed by atoms with van der Waals surface area (Å²) in [4.78, 5) is 11.6. The zero-order valence-electron chi connectivity index (χ0n) is 11.8. The average molecular weight is 278 g/mol. The van der Waals surface area contributed by atoms with Crippen molar-refractivity contribution in [2.75, 3.05) is 20.5 Å². The van der Waals surface area contributed by atoms with Crippen LogP contribution in [0, 0.1) is 0 Å². The Morgan fingerprint density at radius 1 is 1.45 bits per heavy atom. The van der Waals surface area contributed by atoms with Gasteiger partial charge in [-0.3, -0.25) is 0 Å². The van der Waals surface area contributed by atoms with Gasteiger partial charge in [-0.25, -0.2) is 4.79 Å². The van der Waals surface area contributed by atoms with Crippen LogP contribution >= 0.6 is 0 Å². The van der Waals surface area contributed by atoms with Crippen LogP contribution in [0.3, 0.4) is 0 Å². The lowest BCUT2D eigenvalue weighted by Gasteiger charge is -2.13. The molecule has 0 aromatic heterocycles. The molecule has 0 N–H and O–H groups in total. The standard InChI is InChI=1S/C15H18O5/c1-4-11-12-8-10(14(16)17-3)6-7-13(12)20-15(11)19-9-18-5-2/h4,6-8,15H,5,9H2,1-3H3/b11-4+. The molecule has 1 aromatic rings. The van der Waals surface area contributed by atoms with E-state index in [-0.39, 0.29) is 12.8 Å². The molecular formula is C15H18O5. The van der Waals surface area contributed by atoms with Gasteiger partial charge >= 0.3 is 5.97 Å². The van der Waals surface area contributed by atoms with Gasteiger partial charge in [0.2, 0.25) is 6.29 Å². The molecule has 0 spiro atoms. The van der Waals surface area contributed by atoms with E-state index in [0.29, 0.717) is 17.9 Å². The normalized spacial score (nSPS) is 18.8. The predicted molar refractivity (Wildman–Crippen MR) is 73.4 cm³/mol. The quantitative estimate of drug-likeness (QED) is 0.471. The molecule has 20 heavy (non-hydrogen) atoms. The zero-order valence-corrected chi connectivity index (χ0v) is 11.8. The fraction of sp³-hybridized carbons (Fsp3) is 0.400. The number of benzene rings is 1. The van der Waals surface area contributed by atoms with E-state index in [9.17, 15) is 4.79 Å². The Hall–Kier alpha value is -1.85. The Morgan fingerprint density at radius 3 is 2.90 bits per heavy atom. The summed E-state index contributed by atoms with van der Waals surface area (Å²) in [6, 6.07) is 5.17. The van der Waals surface area contributed by atoms with Gasteiger partial charge in [0.25, 0.3) is 0 Å². The minimum absolute atomic E-state index is 0.163. The average Bonchev–Trinajstić information content (AvgIpc) is 2.83. The maximum Gasteiger partial charge on any atom is 0.337 e. The molecule has 1 aliphatic rings. The van der Waals surface area contributed by atoms with Gasteiger partial charge in [-0.05, 0) is 32.0 Å². The molecule has 5 nitrogen and oxygen atoms in total. The summed E-state index contributed by atoms with van der Waals surface area (Å²) in [5.74, 6) is 0.314. The highest BCUT2D eigenvalue weighted by atomic mass is 16.7. The van der Waals surface area contributed by atoms with Gasteiger partial charge in [0, 0.05) is 17.7 Å². The number of rotatable bonds is 5. The maximum atomic E-state index is 11.6. The van der Waals surface area contributed by atoms with Crippen LogP contribution in [0.2, 0.25) is 0 Å². The highest BCUT2D eigenvalue weighted by Gasteiger charge is 2.29. The van der Waals surface area contributed by atoms with Crippen molar-refractivity contribution in [3.63, 3.8) is 0 Å². The van der Waals surface area contributed by atoms with Crippen LogP contribution in [0.25, 0.3) is 5.57 Å². The Kier molecular flexibility index (Phi) is 4.76. The summed E-state index contributed by atoms with van der Waals surface area (Å²) in [5, 5.41) is 0. The predicted octanol–water partition coefficient (Wildman–Crippen LogP) is 2.61. The summed E-state index contributed by atoms with van der Waals surface area (Å²) in [7, 11) is 1.36. The second-order valence-electron chi connectivity index (χ2n) is 4.17. The van der Waals surface area contributed by atoms with Crippen molar-refractivity contribution in [1.29, 1.82) is 0 Å². The molecule has 108 valence electrons. The molecule has 0 radical (unpaired) electrons. The first-order valence-electron chi connectivity index (χ1n) is 6.46. The molecule has 0 fully saturated rings. The molecular weight excluding hydrogens is 260 g/mol. The van der Waals surface area contributed by atoms with Crippen LogP contribution in [0.1, 0.15) is 29.8 Å². The third kappa shape index (κ3) is 2.84. The molecule has 1 atom stereocenters. The zero-order chi connectivity index (χ0) is 14.5. The topological polar surface area (TPSA) is 54.0 Å². The van der Waals surface area contributed by atoms with Gasteiger partial charge in [-0.1, -0.05) is 6.08 Å². The number of methoxy groups -OCH3 is 1. The number of ether oxygens (including phenoxy) is 4. The van der Waals surface area contributed by atoms with Crippen molar-refractivity contribution in [3.05, 3.63) is 35.4 Å². The van der Waals surface area contributed by atoms with Crippen molar-refractivity contribution >= 4 is 11.5 Å². The Bertz CT molecular complexity index is 521. The van der Waals surface area contributed by atoms with E-state index in [1.165, 1.54) is 7.11 Å². The molecule has 0 saturated carbocycles. The third-order valence-electron chi connectivity index (χ3n) is 3.02. The minimum atomic E-state index is -0.505. The molecule has 1 aromatic carbocycles. The van der Waals surface area contributed by atoms with Crippen molar-refractivity contribution in [3.8, 4) is 5.75 Å². The molecule has 1 heterocycles. The number of carbonyl (C=O) groups excluding carboxylic acids is 1. The van der Waals surface area contributed by atoms with Crippen molar-refractivity contribution < 1.29 is 23.7 Å². The van der Waals surface area contributed by atoms with Gasteiger partial charge < -0.3 is 18.9 Å². The molecule has 1 aliphatic heterocycles. The summed E-state index contributed by atoms with van der Waals surface area (Å²) in [6.07, 6.45) is 1.40. The number of carbonyl (C=O) groups is 1. The fourth-order valence-electron chi connectivity index (χ4n) is 2.02. The second kappa shape index (κ2) is 6.54. The van der Waals surface area contributed by atoms with Crippen LogP contribution in [-0.2, 0) is 14.2 Å². The van der Waals surface area contributed by atoms with Crippen LogP contribution in [0.4, 0.5) is 0 Å². The molecule has 1 unspecified atom stereocenters. The Balaban J connectivity index is 2.21. The van der Waals surface area contributed by atoms with E-state index in [4.69, 9.17) is 18.9 Å². The second-order valence-corrected chi connectivity index (χ2v) is 4.17. The van der Waals surface area contributed by atoms with Gasteiger partial charge in [-0.2, -0.15) is 0 Å². The molecule has 0 aliphatic carbocycles. The summed E-state index contributed by atoms with van der Waals surface area (Å²) in [5.41, 5.74) is 2.21. The fourth-order valence-corrected chi connectivity index (χ4v) is 2.02. The van der Waals surface area contributed by atoms with E-state index in [1.807, 2.05) is 19.9 Å². The number of fused-ring (bicyclic) bond motifs is 1. The summed E-state index contributed by atoms with van der Waals surface area (Å²) in [6.45, 7) is 4.54. The SMILES string of the molecule is C/C=C1\c2cc(C(=O)OC)ccc2OC1OCOCC. The van der Waals surface area contributed by atoms with Crippen LogP contribution in [0.15, 0.2) is 24.3 Å². The van der Waals surface area contributed by atoms with E-state index in [0.717, 1.165) is 11.1 Å². The summed E-state index contributed by atoms with van der Waals surface area (Å²) >= 11 is 0. The number of esters is 1. The van der Waals surface area contributed by atoms with Gasteiger partial charge in [0.1, 0.15) is 5.75 Å². The minimum Gasteiger partial charge on any atom is -0.465 e. The van der Waals surface area contributed by atoms with Gasteiger partial charge in [0.05, 0.1) is 12.7 Å². The molecule has 0 bridgehead atoms. The van der Waals surface area contributed by atoms with E-state index >= 15 is 0 Å². The van der Waals surface area contributed by atoms with Crippen LogP contribution < -0.4 is 4.74 Å². The van der Waals surface area contributed by atoms with Crippen molar-refractivity contribution in [1.82, 2.24) is 0 Å². The smallest absolute Gasteiger partial charge is 0.337 e. The lowest BCUT2D eigenvalue weighted by atomic mass is 10.0. The lowest BCUT2D eigenvalue weighted by molar-refractivity contribution is -0.124. The monoisotopic (exact) mass is 278 g/mol. The number of hydrogen-bond acceptors (Lipinski definition) is 5. The molecule has 0 saturated heterocycles. The Labute approximate surface area is 118 Å². The molecule has 2 rings (SSSR count). The maximum absolute atomic E-state index is 11.6. The highest BCUT2D eigenvalue weighted by Crippen LogP contribution is 2.38. The molecule has 0 amide bonds. The van der Waals surface area contributed by atoms with Crippen molar-refractivity contribution in [2.45, 2.75) is 20.1 Å². The van der Waals surface area contributed by atoms with Crippen LogP contribution in [-0.4, -0.2) is 32.8 Å². The van der Waals surface area contributed by atoms with Crippen LogP contribution in [0.5, 0.6) is 5.75 Å².